The van der Waals surface area contributed by atoms with Crippen molar-refractivity contribution in [1.29, 1.82) is 0 Å². The maximum Gasteiger partial charge on any atom is 0.416 e. The monoisotopic (exact) mass is 427 g/mol. The molecule has 29 heavy (non-hydrogen) atoms. The number of hydrogen-bond acceptors (Lipinski definition) is 4. The highest BCUT2D eigenvalue weighted by molar-refractivity contribution is 7.89. The summed E-state index contributed by atoms with van der Waals surface area (Å²) in [6, 6.07) is 6.93. The summed E-state index contributed by atoms with van der Waals surface area (Å²) in [4.78, 5) is 17.6. The van der Waals surface area contributed by atoms with E-state index in [0.717, 1.165) is 18.2 Å². The second-order valence-electron chi connectivity index (χ2n) is 6.85. The number of carbonyl (C=O) groups is 1. The summed E-state index contributed by atoms with van der Waals surface area (Å²) in [5.74, 6) is -0.104. The van der Waals surface area contributed by atoms with Crippen molar-refractivity contribution in [2.24, 2.45) is 5.92 Å². The number of pyridine rings is 1. The van der Waals surface area contributed by atoms with Crippen molar-refractivity contribution in [1.82, 2.24) is 14.6 Å². The number of aromatic nitrogens is 1. The van der Waals surface area contributed by atoms with E-state index < -0.39 is 26.7 Å². The lowest BCUT2D eigenvalue weighted by atomic mass is 9.97. The Morgan fingerprint density at radius 1 is 1.14 bits per heavy atom. The Balaban J connectivity index is 1.55. The number of carbonyl (C=O) groups excluding carboxylic acids is 1. The van der Waals surface area contributed by atoms with Gasteiger partial charge in [-0.1, -0.05) is 6.07 Å². The van der Waals surface area contributed by atoms with E-state index >= 15 is 0 Å². The fraction of sp³-hybridized carbons (Fsp3) is 0.368. The van der Waals surface area contributed by atoms with Crippen molar-refractivity contribution in [3.63, 3.8) is 0 Å². The van der Waals surface area contributed by atoms with Crippen LogP contribution in [0.3, 0.4) is 0 Å². The van der Waals surface area contributed by atoms with Gasteiger partial charge in [-0.15, -0.1) is 0 Å². The van der Waals surface area contributed by atoms with Crippen molar-refractivity contribution in [2.75, 3.05) is 19.6 Å². The topological polar surface area (TPSA) is 79.4 Å². The van der Waals surface area contributed by atoms with Crippen LogP contribution in [0.4, 0.5) is 13.2 Å². The van der Waals surface area contributed by atoms with Crippen molar-refractivity contribution in [3.8, 4) is 0 Å². The van der Waals surface area contributed by atoms with Gasteiger partial charge in [0.1, 0.15) is 0 Å². The number of amides is 1. The van der Waals surface area contributed by atoms with Gasteiger partial charge in [0.15, 0.2) is 0 Å². The summed E-state index contributed by atoms with van der Waals surface area (Å²) in [6.45, 7) is 1.07. The molecule has 0 unspecified atom stereocenters. The third-order valence-electron chi connectivity index (χ3n) is 4.86. The molecule has 0 aliphatic carbocycles. The molecule has 156 valence electrons. The first kappa shape index (κ1) is 21.3. The van der Waals surface area contributed by atoms with Crippen molar-refractivity contribution in [3.05, 3.63) is 59.9 Å². The number of sulfonamides is 1. The van der Waals surface area contributed by atoms with Crippen molar-refractivity contribution >= 4 is 15.9 Å². The highest BCUT2D eigenvalue weighted by Gasteiger charge is 2.32. The summed E-state index contributed by atoms with van der Waals surface area (Å²) in [6.07, 6.45) is -0.325. The molecular weight excluding hydrogens is 407 g/mol. The fourth-order valence-electron chi connectivity index (χ4n) is 3.17. The summed E-state index contributed by atoms with van der Waals surface area (Å²) < 4.78 is 65.5. The molecule has 3 rings (SSSR count). The molecule has 2 aromatic rings. The molecule has 1 saturated heterocycles. The number of alkyl halides is 3. The molecule has 1 amide bonds. The number of piperidine rings is 1. The van der Waals surface area contributed by atoms with Crippen LogP contribution < -0.4 is 4.72 Å². The summed E-state index contributed by atoms with van der Waals surface area (Å²) in [5.41, 5.74) is -0.466. The minimum atomic E-state index is -4.61. The van der Waals surface area contributed by atoms with Gasteiger partial charge in [-0.3, -0.25) is 9.78 Å². The number of nitrogens with zero attached hydrogens (tertiary/aromatic N) is 2. The number of benzene rings is 1. The van der Waals surface area contributed by atoms with Gasteiger partial charge in [0, 0.05) is 37.6 Å². The highest BCUT2D eigenvalue weighted by Crippen LogP contribution is 2.30. The molecule has 1 aliphatic heterocycles. The predicted octanol–water partition coefficient (Wildman–Crippen LogP) is 2.93. The molecule has 1 fully saturated rings. The Hall–Kier alpha value is -2.46. The van der Waals surface area contributed by atoms with E-state index in [0.29, 0.717) is 37.6 Å². The summed E-state index contributed by atoms with van der Waals surface area (Å²) in [5, 5.41) is 0. The molecule has 6 nitrogen and oxygen atoms in total. The van der Waals surface area contributed by atoms with E-state index in [1.165, 1.54) is 0 Å². The van der Waals surface area contributed by atoms with Gasteiger partial charge < -0.3 is 4.90 Å². The number of likely N-dealkylation sites (tertiary alicyclic amines) is 1. The molecule has 0 radical (unpaired) electrons. The summed E-state index contributed by atoms with van der Waals surface area (Å²) >= 11 is 0. The Labute approximate surface area is 166 Å². The molecule has 0 spiro atoms. The molecule has 1 N–H and O–H groups in total. The minimum absolute atomic E-state index is 0.00272. The minimum Gasteiger partial charge on any atom is -0.339 e. The molecular formula is C19H20F3N3O3S. The largest absolute Gasteiger partial charge is 0.416 e. The Morgan fingerprint density at radius 3 is 2.41 bits per heavy atom. The lowest BCUT2D eigenvalue weighted by Crippen LogP contribution is -2.41. The van der Waals surface area contributed by atoms with Crippen molar-refractivity contribution < 1.29 is 26.4 Å². The zero-order chi connectivity index (χ0) is 21.1. The molecule has 0 bridgehead atoms. The molecule has 0 atom stereocenters. The van der Waals surface area contributed by atoms with E-state index in [4.69, 9.17) is 0 Å². The quantitative estimate of drug-likeness (QED) is 0.796. The number of hydrogen-bond donors (Lipinski definition) is 1. The van der Waals surface area contributed by atoms with Crippen LogP contribution >= 0.6 is 0 Å². The van der Waals surface area contributed by atoms with Gasteiger partial charge in [-0.05, 0) is 49.1 Å². The average Bonchev–Trinajstić information content (AvgIpc) is 2.72. The van der Waals surface area contributed by atoms with Crippen LogP contribution in [0.25, 0.3) is 0 Å². The molecule has 1 aromatic carbocycles. The van der Waals surface area contributed by atoms with Gasteiger partial charge >= 0.3 is 6.18 Å². The molecule has 1 aliphatic rings. The standard InChI is InChI=1S/C19H20F3N3O3S/c20-19(21,22)16-2-1-3-17(12-16)29(27,28)24-13-14-6-10-25(11-7-14)18(26)15-4-8-23-9-5-15/h1-5,8-9,12,14,24H,6-7,10-11,13H2. The normalized spacial score (nSPS) is 16.0. The van der Waals surface area contributed by atoms with Crippen molar-refractivity contribution in [2.45, 2.75) is 23.9 Å². The van der Waals surface area contributed by atoms with E-state index in [2.05, 4.69) is 9.71 Å². The third kappa shape index (κ3) is 5.33. The zero-order valence-corrected chi connectivity index (χ0v) is 16.2. The molecule has 1 aromatic heterocycles. The van der Waals surface area contributed by atoms with E-state index in [9.17, 15) is 26.4 Å². The first-order chi connectivity index (χ1) is 13.7. The van der Waals surface area contributed by atoms with Crippen LogP contribution in [0.5, 0.6) is 0 Å². The van der Waals surface area contributed by atoms with E-state index in [-0.39, 0.29) is 18.4 Å². The Bertz CT molecular complexity index is 957. The number of rotatable bonds is 5. The van der Waals surface area contributed by atoms with Gasteiger partial charge in [-0.25, -0.2) is 13.1 Å². The Morgan fingerprint density at radius 2 is 1.79 bits per heavy atom. The zero-order valence-electron chi connectivity index (χ0n) is 15.4. The SMILES string of the molecule is O=C(c1ccncc1)N1CCC(CNS(=O)(=O)c2cccc(C(F)(F)F)c2)CC1. The molecule has 10 heteroatoms. The second-order valence-corrected chi connectivity index (χ2v) is 8.62. The van der Waals surface area contributed by atoms with Gasteiger partial charge in [0.2, 0.25) is 10.0 Å². The van der Waals surface area contributed by atoms with Gasteiger partial charge in [0.05, 0.1) is 10.5 Å². The van der Waals surface area contributed by atoms with Crippen LogP contribution in [0, 0.1) is 5.92 Å². The summed E-state index contributed by atoms with van der Waals surface area (Å²) in [7, 11) is -4.05. The highest BCUT2D eigenvalue weighted by atomic mass is 32.2. The molecule has 2 heterocycles. The molecule has 0 saturated carbocycles. The van der Waals surface area contributed by atoms with Gasteiger partial charge in [0.25, 0.3) is 5.91 Å². The number of nitrogens with one attached hydrogen (secondary N) is 1. The van der Waals surface area contributed by atoms with E-state index in [1.807, 2.05) is 0 Å². The first-order valence-corrected chi connectivity index (χ1v) is 10.5. The maximum absolute atomic E-state index is 12.8. The maximum atomic E-state index is 12.8. The van der Waals surface area contributed by atoms with Crippen LogP contribution in [0.1, 0.15) is 28.8 Å². The van der Waals surface area contributed by atoms with Crippen LogP contribution in [0.2, 0.25) is 0 Å². The van der Waals surface area contributed by atoms with Crippen LogP contribution in [-0.2, 0) is 16.2 Å². The average molecular weight is 427 g/mol. The van der Waals surface area contributed by atoms with Crippen LogP contribution in [0.15, 0.2) is 53.7 Å². The predicted molar refractivity (Wildman–Crippen MR) is 99.5 cm³/mol. The first-order valence-electron chi connectivity index (χ1n) is 9.03. The van der Waals surface area contributed by atoms with Crippen LogP contribution in [-0.4, -0.2) is 43.8 Å². The lowest BCUT2D eigenvalue weighted by molar-refractivity contribution is -0.137. The second kappa shape index (κ2) is 8.50. The smallest absolute Gasteiger partial charge is 0.339 e. The Kier molecular flexibility index (Phi) is 6.23. The van der Waals surface area contributed by atoms with Gasteiger partial charge in [-0.2, -0.15) is 13.2 Å². The third-order valence-corrected chi connectivity index (χ3v) is 6.28. The van der Waals surface area contributed by atoms with E-state index in [1.54, 1.807) is 29.4 Å². The number of halogens is 3. The lowest BCUT2D eigenvalue weighted by Gasteiger charge is -2.32. The fourth-order valence-corrected chi connectivity index (χ4v) is 4.33.